The highest BCUT2D eigenvalue weighted by Gasteiger charge is 2.32. The van der Waals surface area contributed by atoms with Crippen LogP contribution in [0.4, 0.5) is 30.2 Å². The molecule has 1 aliphatic rings. The Balaban J connectivity index is 1.66. The van der Waals surface area contributed by atoms with Gasteiger partial charge in [0, 0.05) is 24.0 Å². The molecule has 0 aliphatic carbocycles. The van der Waals surface area contributed by atoms with Crippen molar-refractivity contribution in [2.45, 2.75) is 6.18 Å². The van der Waals surface area contributed by atoms with E-state index in [0.717, 1.165) is 0 Å². The fourth-order valence-corrected chi connectivity index (χ4v) is 4.10. The first-order valence-electron chi connectivity index (χ1n) is 12.2. The fraction of sp³-hybridized carbons (Fsp3) is 0.207. The van der Waals surface area contributed by atoms with Gasteiger partial charge in [-0.3, -0.25) is 9.59 Å². The van der Waals surface area contributed by atoms with Crippen LogP contribution < -0.4 is 15.5 Å². The zero-order valence-electron chi connectivity index (χ0n) is 22.0. The molecule has 3 aromatic rings. The van der Waals surface area contributed by atoms with Crippen LogP contribution in [0.1, 0.15) is 21.5 Å². The molecule has 0 unspecified atom stereocenters. The van der Waals surface area contributed by atoms with Gasteiger partial charge in [-0.25, -0.2) is 4.79 Å². The van der Waals surface area contributed by atoms with Gasteiger partial charge in [0.1, 0.15) is 0 Å². The summed E-state index contributed by atoms with van der Waals surface area (Å²) < 4.78 is 41.7. The lowest BCUT2D eigenvalue weighted by atomic mass is 9.99. The second-order valence-electron chi connectivity index (χ2n) is 9.38. The monoisotopic (exact) mass is 552 g/mol. The number of carbonyl (C=O) groups excluding carboxylic acids is 3. The molecule has 0 bridgehead atoms. The van der Waals surface area contributed by atoms with Crippen molar-refractivity contribution in [3.63, 3.8) is 0 Å². The number of amides is 2. The van der Waals surface area contributed by atoms with Gasteiger partial charge in [-0.15, -0.1) is 0 Å². The minimum atomic E-state index is -4.65. The number of benzene rings is 3. The number of carbonyl (C=O) groups is 3. The Bertz CT molecular complexity index is 1450. The number of fused-ring (bicyclic) bond motifs is 1. The topological polar surface area (TPSA) is 91.0 Å². The number of rotatable bonds is 8. The molecule has 2 N–H and O–H groups in total. The SMILES string of the molecule is CN(C)CC(=O)N(C)c1ccc(N/C(=C2\C(=O)Nc3cc(C(=O)OCC(F)(F)F)ccc32)c2ccccc2)cc1. The Labute approximate surface area is 229 Å². The van der Waals surface area contributed by atoms with E-state index >= 15 is 0 Å². The highest BCUT2D eigenvalue weighted by Crippen LogP contribution is 2.38. The van der Waals surface area contributed by atoms with Crippen LogP contribution in [0.15, 0.2) is 72.8 Å². The van der Waals surface area contributed by atoms with Gasteiger partial charge in [0.2, 0.25) is 5.91 Å². The van der Waals surface area contributed by atoms with Crippen LogP contribution in [0, 0.1) is 0 Å². The minimum Gasteiger partial charge on any atom is -0.452 e. The largest absolute Gasteiger partial charge is 0.452 e. The number of hydrogen-bond donors (Lipinski definition) is 2. The first-order valence-corrected chi connectivity index (χ1v) is 12.2. The molecule has 1 aliphatic heterocycles. The Kier molecular flexibility index (Phi) is 8.24. The van der Waals surface area contributed by atoms with Gasteiger partial charge in [-0.05, 0) is 56.1 Å². The molecule has 2 amide bonds. The molecule has 0 saturated heterocycles. The van der Waals surface area contributed by atoms with Crippen molar-refractivity contribution in [3.05, 3.63) is 89.5 Å². The van der Waals surface area contributed by atoms with E-state index < -0.39 is 24.7 Å². The van der Waals surface area contributed by atoms with Crippen molar-refractivity contribution in [1.82, 2.24) is 4.90 Å². The van der Waals surface area contributed by atoms with E-state index in [0.29, 0.717) is 33.8 Å². The van der Waals surface area contributed by atoms with Gasteiger partial charge in [0.25, 0.3) is 5.91 Å². The average molecular weight is 553 g/mol. The van der Waals surface area contributed by atoms with E-state index in [-0.39, 0.29) is 23.7 Å². The molecule has 0 fully saturated rings. The van der Waals surface area contributed by atoms with E-state index in [2.05, 4.69) is 15.4 Å². The molecule has 8 nitrogen and oxygen atoms in total. The molecule has 1 heterocycles. The molecule has 0 atom stereocenters. The average Bonchev–Trinajstić information content (AvgIpc) is 3.24. The van der Waals surface area contributed by atoms with Gasteiger partial charge in [0.15, 0.2) is 6.61 Å². The summed E-state index contributed by atoms with van der Waals surface area (Å²) in [6.07, 6.45) is -4.65. The van der Waals surface area contributed by atoms with Gasteiger partial charge in [-0.1, -0.05) is 36.4 Å². The summed E-state index contributed by atoms with van der Waals surface area (Å²) in [6.45, 7) is -1.45. The van der Waals surface area contributed by atoms with Crippen LogP contribution in [0.5, 0.6) is 0 Å². The number of esters is 1. The van der Waals surface area contributed by atoms with Crippen molar-refractivity contribution in [2.75, 3.05) is 49.8 Å². The summed E-state index contributed by atoms with van der Waals surface area (Å²) in [4.78, 5) is 41.0. The van der Waals surface area contributed by atoms with Crippen molar-refractivity contribution < 1.29 is 32.3 Å². The standard InChI is InChI=1S/C29H27F3N4O4/c1-35(2)16-24(37)36(3)21-12-10-20(11-13-21)33-26(18-7-5-4-6-8-18)25-22-14-9-19(15-23(22)34-27(25)38)28(39)40-17-29(30,31)32/h4-15,33H,16-17H2,1-3H3,(H,34,38)/b26-25-. The number of halogens is 3. The maximum absolute atomic E-state index is 13.2. The first-order chi connectivity index (χ1) is 18.9. The highest BCUT2D eigenvalue weighted by molar-refractivity contribution is 6.37. The zero-order valence-corrected chi connectivity index (χ0v) is 22.0. The number of alkyl halides is 3. The molecule has 4 rings (SSSR count). The van der Waals surface area contributed by atoms with E-state index in [4.69, 9.17) is 0 Å². The Morgan fingerprint density at radius 2 is 1.60 bits per heavy atom. The maximum atomic E-state index is 13.2. The summed E-state index contributed by atoms with van der Waals surface area (Å²) in [5.41, 5.74) is 3.44. The quantitative estimate of drug-likeness (QED) is 0.306. The van der Waals surface area contributed by atoms with Crippen LogP contribution in [-0.4, -0.2) is 63.2 Å². The Hall–Kier alpha value is -4.64. The Morgan fingerprint density at radius 1 is 0.925 bits per heavy atom. The van der Waals surface area contributed by atoms with Crippen molar-refractivity contribution in [2.24, 2.45) is 0 Å². The molecule has 11 heteroatoms. The lowest BCUT2D eigenvalue weighted by Crippen LogP contribution is -2.34. The third kappa shape index (κ3) is 6.67. The van der Waals surface area contributed by atoms with Gasteiger partial charge in [0.05, 0.1) is 29.1 Å². The third-order valence-corrected chi connectivity index (χ3v) is 6.03. The second kappa shape index (κ2) is 11.6. The minimum absolute atomic E-state index is 0.0707. The second-order valence-corrected chi connectivity index (χ2v) is 9.38. The molecule has 0 saturated carbocycles. The first kappa shape index (κ1) is 28.4. The summed E-state index contributed by atoms with van der Waals surface area (Å²) in [6, 6.07) is 20.4. The molecule has 0 radical (unpaired) electrons. The number of anilines is 3. The Morgan fingerprint density at radius 3 is 2.23 bits per heavy atom. The molecular formula is C29H27F3N4O4. The predicted molar refractivity (Wildman–Crippen MR) is 147 cm³/mol. The van der Waals surface area contributed by atoms with Crippen LogP contribution in [0.25, 0.3) is 11.3 Å². The molecule has 0 aromatic heterocycles. The van der Waals surface area contributed by atoms with Gasteiger partial charge in [-0.2, -0.15) is 13.2 Å². The van der Waals surface area contributed by atoms with Crippen LogP contribution in [0.2, 0.25) is 0 Å². The van der Waals surface area contributed by atoms with Gasteiger partial charge >= 0.3 is 12.1 Å². The molecular weight excluding hydrogens is 525 g/mol. The summed E-state index contributed by atoms with van der Waals surface area (Å²) in [7, 11) is 5.32. The number of nitrogens with zero attached hydrogens (tertiary/aromatic N) is 2. The number of likely N-dealkylation sites (N-methyl/N-ethyl adjacent to an activating group) is 2. The summed E-state index contributed by atoms with van der Waals surface area (Å²) in [5, 5.41) is 5.99. The van der Waals surface area contributed by atoms with Crippen molar-refractivity contribution in [3.8, 4) is 0 Å². The van der Waals surface area contributed by atoms with Crippen LogP contribution >= 0.6 is 0 Å². The van der Waals surface area contributed by atoms with Crippen LogP contribution in [-0.2, 0) is 14.3 Å². The van der Waals surface area contributed by atoms with Crippen molar-refractivity contribution >= 4 is 46.1 Å². The van der Waals surface area contributed by atoms with E-state index in [1.54, 1.807) is 41.1 Å². The maximum Gasteiger partial charge on any atom is 0.422 e. The summed E-state index contributed by atoms with van der Waals surface area (Å²) in [5.74, 6) is -1.67. The lowest BCUT2D eigenvalue weighted by molar-refractivity contribution is -0.161. The van der Waals surface area contributed by atoms with E-state index in [9.17, 15) is 27.6 Å². The third-order valence-electron chi connectivity index (χ3n) is 6.03. The van der Waals surface area contributed by atoms with Crippen LogP contribution in [0.3, 0.4) is 0 Å². The highest BCUT2D eigenvalue weighted by atomic mass is 19.4. The smallest absolute Gasteiger partial charge is 0.422 e. The molecule has 40 heavy (non-hydrogen) atoms. The normalized spacial score (nSPS) is 13.9. The molecule has 208 valence electrons. The lowest BCUT2D eigenvalue weighted by Gasteiger charge is -2.20. The number of ether oxygens (including phenoxy) is 1. The molecule has 3 aromatic carbocycles. The zero-order chi connectivity index (χ0) is 29.0. The van der Waals surface area contributed by atoms with Gasteiger partial charge < -0.3 is 25.2 Å². The predicted octanol–water partition coefficient (Wildman–Crippen LogP) is 4.86. The van der Waals surface area contributed by atoms with Crippen molar-refractivity contribution in [1.29, 1.82) is 0 Å². The molecule has 0 spiro atoms. The van der Waals surface area contributed by atoms with E-state index in [1.165, 1.54) is 18.2 Å². The van der Waals surface area contributed by atoms with E-state index in [1.807, 2.05) is 44.4 Å². The number of nitrogens with one attached hydrogen (secondary N) is 2. The fourth-order valence-electron chi connectivity index (χ4n) is 4.10. The number of hydrogen-bond acceptors (Lipinski definition) is 6. The summed E-state index contributed by atoms with van der Waals surface area (Å²) >= 11 is 0.